The van der Waals surface area contributed by atoms with Crippen molar-refractivity contribution in [3.8, 4) is 0 Å². The summed E-state index contributed by atoms with van der Waals surface area (Å²) in [6.45, 7) is 0. The SMILES string of the molecule is O=C(O)c1[nH]c(=O)[nH]c1C(=O)O. The number of hydrogen-bond donors (Lipinski definition) is 4. The highest BCUT2D eigenvalue weighted by molar-refractivity contribution is 5.98. The molecule has 7 nitrogen and oxygen atoms in total. The van der Waals surface area contributed by atoms with Gasteiger partial charge in [0.2, 0.25) is 0 Å². The molecule has 0 amide bonds. The Bertz CT molecular complexity index is 352. The Morgan fingerprint density at radius 3 is 1.58 bits per heavy atom. The third kappa shape index (κ3) is 1.19. The molecule has 0 aliphatic heterocycles. The van der Waals surface area contributed by atoms with Crippen molar-refractivity contribution < 1.29 is 19.8 Å². The van der Waals surface area contributed by atoms with Gasteiger partial charge in [-0.1, -0.05) is 0 Å². The number of imidazole rings is 1. The van der Waals surface area contributed by atoms with E-state index in [0.717, 1.165) is 0 Å². The summed E-state index contributed by atoms with van der Waals surface area (Å²) < 4.78 is 0. The molecule has 0 aromatic carbocycles. The fourth-order valence-corrected chi connectivity index (χ4v) is 0.704. The number of rotatable bonds is 2. The fraction of sp³-hybridized carbons (Fsp3) is 0. The van der Waals surface area contributed by atoms with E-state index in [9.17, 15) is 14.4 Å². The highest BCUT2D eigenvalue weighted by atomic mass is 16.4. The number of aromatic carboxylic acids is 2. The molecular formula is C5H4N2O5. The van der Waals surface area contributed by atoms with E-state index in [1.807, 2.05) is 9.97 Å². The molecule has 0 aliphatic carbocycles. The second kappa shape index (κ2) is 2.53. The molecule has 1 aromatic rings. The Morgan fingerprint density at radius 1 is 1.00 bits per heavy atom. The predicted molar refractivity (Wildman–Crippen MR) is 35.3 cm³/mol. The van der Waals surface area contributed by atoms with Gasteiger partial charge in [0.25, 0.3) is 0 Å². The van der Waals surface area contributed by atoms with Crippen LogP contribution in [0.4, 0.5) is 0 Å². The molecule has 4 N–H and O–H groups in total. The van der Waals surface area contributed by atoms with Gasteiger partial charge >= 0.3 is 17.6 Å². The summed E-state index contributed by atoms with van der Waals surface area (Å²) in [5.74, 6) is -2.99. The highest BCUT2D eigenvalue weighted by Gasteiger charge is 2.19. The minimum Gasteiger partial charge on any atom is -0.477 e. The van der Waals surface area contributed by atoms with E-state index in [2.05, 4.69) is 0 Å². The molecule has 12 heavy (non-hydrogen) atoms. The number of hydrogen-bond acceptors (Lipinski definition) is 3. The zero-order chi connectivity index (χ0) is 9.30. The van der Waals surface area contributed by atoms with Crippen molar-refractivity contribution >= 4 is 11.9 Å². The number of carbonyl (C=O) groups is 2. The van der Waals surface area contributed by atoms with E-state index >= 15 is 0 Å². The second-order valence-electron chi connectivity index (χ2n) is 1.94. The van der Waals surface area contributed by atoms with E-state index < -0.39 is 29.0 Å². The zero-order valence-electron chi connectivity index (χ0n) is 5.62. The van der Waals surface area contributed by atoms with Gasteiger partial charge in [0.1, 0.15) is 0 Å². The Balaban J connectivity index is 3.36. The molecule has 0 saturated carbocycles. The molecule has 0 bridgehead atoms. The minimum atomic E-state index is -1.49. The lowest BCUT2D eigenvalue weighted by Crippen LogP contribution is -2.07. The molecule has 1 heterocycles. The quantitative estimate of drug-likeness (QED) is 0.460. The molecule has 1 rings (SSSR count). The Hall–Kier alpha value is -2.05. The largest absolute Gasteiger partial charge is 0.477 e. The Morgan fingerprint density at radius 2 is 1.33 bits per heavy atom. The summed E-state index contributed by atoms with van der Waals surface area (Å²) in [4.78, 5) is 34.7. The first-order valence-corrected chi connectivity index (χ1v) is 2.81. The lowest BCUT2D eigenvalue weighted by atomic mass is 10.3. The number of carboxylic acid groups (broad SMARTS) is 2. The van der Waals surface area contributed by atoms with Crippen molar-refractivity contribution in [2.24, 2.45) is 0 Å². The maximum Gasteiger partial charge on any atom is 0.354 e. The van der Waals surface area contributed by atoms with Crippen molar-refractivity contribution in [3.63, 3.8) is 0 Å². The van der Waals surface area contributed by atoms with Gasteiger partial charge < -0.3 is 10.2 Å². The predicted octanol–water partition coefficient (Wildman–Crippen LogP) is -0.901. The van der Waals surface area contributed by atoms with Crippen LogP contribution in [0.1, 0.15) is 21.0 Å². The maximum absolute atomic E-state index is 10.5. The van der Waals surface area contributed by atoms with Gasteiger partial charge in [-0.3, -0.25) is 9.97 Å². The first kappa shape index (κ1) is 8.05. The van der Waals surface area contributed by atoms with Crippen molar-refractivity contribution in [2.75, 3.05) is 0 Å². The van der Waals surface area contributed by atoms with Gasteiger partial charge in [-0.15, -0.1) is 0 Å². The summed E-state index contributed by atoms with van der Waals surface area (Å²) >= 11 is 0. The normalized spacial score (nSPS) is 9.67. The molecule has 0 radical (unpaired) electrons. The van der Waals surface area contributed by atoms with Crippen LogP contribution in [-0.4, -0.2) is 32.1 Å². The van der Waals surface area contributed by atoms with Crippen molar-refractivity contribution in [1.29, 1.82) is 0 Å². The van der Waals surface area contributed by atoms with E-state index in [0.29, 0.717) is 0 Å². The van der Waals surface area contributed by atoms with Crippen LogP contribution in [0.3, 0.4) is 0 Å². The number of carboxylic acids is 2. The third-order valence-electron chi connectivity index (χ3n) is 1.15. The van der Waals surface area contributed by atoms with Crippen LogP contribution in [0.25, 0.3) is 0 Å². The average molecular weight is 172 g/mol. The molecule has 64 valence electrons. The van der Waals surface area contributed by atoms with E-state index in [1.165, 1.54) is 0 Å². The van der Waals surface area contributed by atoms with Crippen LogP contribution in [0.2, 0.25) is 0 Å². The molecule has 7 heteroatoms. The topological polar surface area (TPSA) is 123 Å². The van der Waals surface area contributed by atoms with E-state index in [4.69, 9.17) is 10.2 Å². The molecule has 0 spiro atoms. The number of nitrogens with one attached hydrogen (secondary N) is 2. The van der Waals surface area contributed by atoms with Gasteiger partial charge in [0.05, 0.1) is 0 Å². The fourth-order valence-electron chi connectivity index (χ4n) is 0.704. The monoisotopic (exact) mass is 172 g/mol. The first-order chi connectivity index (χ1) is 5.52. The van der Waals surface area contributed by atoms with Gasteiger partial charge in [-0.25, -0.2) is 14.4 Å². The maximum atomic E-state index is 10.5. The highest BCUT2D eigenvalue weighted by Crippen LogP contribution is 1.98. The van der Waals surface area contributed by atoms with Crippen LogP contribution in [-0.2, 0) is 0 Å². The Labute approximate surface area is 64.7 Å². The van der Waals surface area contributed by atoms with Gasteiger partial charge in [-0.05, 0) is 0 Å². The number of aromatic amines is 2. The number of H-pyrrole nitrogens is 2. The van der Waals surface area contributed by atoms with Crippen LogP contribution in [0.5, 0.6) is 0 Å². The zero-order valence-corrected chi connectivity index (χ0v) is 5.62. The Kier molecular flexibility index (Phi) is 1.70. The van der Waals surface area contributed by atoms with Crippen molar-refractivity contribution in [3.05, 3.63) is 21.9 Å². The third-order valence-corrected chi connectivity index (χ3v) is 1.15. The van der Waals surface area contributed by atoms with Gasteiger partial charge in [-0.2, -0.15) is 0 Å². The van der Waals surface area contributed by atoms with Crippen LogP contribution in [0, 0.1) is 0 Å². The van der Waals surface area contributed by atoms with Crippen molar-refractivity contribution in [2.45, 2.75) is 0 Å². The molecule has 0 fully saturated rings. The van der Waals surface area contributed by atoms with Crippen LogP contribution in [0.15, 0.2) is 4.79 Å². The summed E-state index contributed by atoms with van der Waals surface area (Å²) in [6.07, 6.45) is 0. The lowest BCUT2D eigenvalue weighted by molar-refractivity contribution is 0.0644. The lowest BCUT2D eigenvalue weighted by Gasteiger charge is -1.89. The molecule has 0 unspecified atom stereocenters. The molecule has 0 atom stereocenters. The minimum absolute atomic E-state index is 0.646. The van der Waals surface area contributed by atoms with Crippen LogP contribution >= 0.6 is 0 Å². The van der Waals surface area contributed by atoms with Crippen LogP contribution < -0.4 is 5.69 Å². The van der Waals surface area contributed by atoms with Gasteiger partial charge in [0, 0.05) is 0 Å². The molecular weight excluding hydrogens is 168 g/mol. The summed E-state index contributed by atoms with van der Waals surface area (Å²) in [7, 11) is 0. The molecule has 0 aliphatic rings. The standard InChI is InChI=1S/C5H4N2O5/c8-3(9)1-2(4(10)11)7-5(12)6-1/h(H,8,9)(H,10,11)(H2,6,7,12). The summed E-state index contributed by atoms with van der Waals surface area (Å²) in [5.41, 5.74) is -2.15. The van der Waals surface area contributed by atoms with Crippen molar-refractivity contribution in [1.82, 2.24) is 9.97 Å². The average Bonchev–Trinajstić information content (AvgIpc) is 2.31. The summed E-state index contributed by atoms with van der Waals surface area (Å²) in [6, 6.07) is 0. The second-order valence-corrected chi connectivity index (χ2v) is 1.94. The first-order valence-electron chi connectivity index (χ1n) is 2.81. The number of aromatic nitrogens is 2. The molecule has 1 aromatic heterocycles. The summed E-state index contributed by atoms with van der Waals surface area (Å²) in [5, 5.41) is 16.7. The van der Waals surface area contributed by atoms with Gasteiger partial charge in [0.15, 0.2) is 11.4 Å². The van der Waals surface area contributed by atoms with E-state index in [1.54, 1.807) is 0 Å². The molecule has 0 saturated heterocycles. The van der Waals surface area contributed by atoms with E-state index in [-0.39, 0.29) is 0 Å². The smallest absolute Gasteiger partial charge is 0.354 e.